The van der Waals surface area contributed by atoms with Crippen LogP contribution in [0.2, 0.25) is 0 Å². The number of nitrogens with zero attached hydrogens (tertiary/aromatic N) is 2. The van der Waals surface area contributed by atoms with Crippen LogP contribution >= 0.6 is 0 Å². The normalized spacial score (nSPS) is 11.0. The number of hydrogen-bond acceptors (Lipinski definition) is 2. The summed E-state index contributed by atoms with van der Waals surface area (Å²) < 4.78 is 21.0. The summed E-state index contributed by atoms with van der Waals surface area (Å²) in [6.45, 7) is 2.35. The minimum absolute atomic E-state index is 0.230. The molecule has 0 spiro atoms. The van der Waals surface area contributed by atoms with Crippen molar-refractivity contribution in [2.75, 3.05) is 26.7 Å². The Kier molecular flexibility index (Phi) is 5.93. The molecule has 0 saturated heterocycles. The average molecular weight is 350 g/mol. The Morgan fingerprint density at radius 3 is 2.69 bits per heavy atom. The maximum absolute atomic E-state index is 13.1. The first-order valence-electron chi connectivity index (χ1n) is 8.79. The summed E-state index contributed by atoms with van der Waals surface area (Å²) in [5.74, 6) is 3.28. The molecule has 0 unspecified atom stereocenters. The van der Waals surface area contributed by atoms with Gasteiger partial charge in [-0.2, -0.15) is 0 Å². The number of fused-ring (bicyclic) bond motifs is 1. The second-order valence-electron chi connectivity index (χ2n) is 6.38. The van der Waals surface area contributed by atoms with Crippen molar-refractivity contribution in [1.29, 1.82) is 0 Å². The van der Waals surface area contributed by atoms with Crippen LogP contribution in [0.4, 0.5) is 4.39 Å². The predicted octanol–water partition coefficient (Wildman–Crippen LogP) is 4.49. The molecular formula is C22H23FN2O. The van der Waals surface area contributed by atoms with E-state index in [0.29, 0.717) is 13.2 Å². The zero-order valence-electron chi connectivity index (χ0n) is 15.0. The first kappa shape index (κ1) is 18.0. The van der Waals surface area contributed by atoms with Gasteiger partial charge in [-0.1, -0.05) is 5.92 Å². The molecule has 1 aromatic heterocycles. The fourth-order valence-corrected chi connectivity index (χ4v) is 2.95. The van der Waals surface area contributed by atoms with Crippen molar-refractivity contribution in [3.63, 3.8) is 0 Å². The number of terminal acetylenes is 1. The van der Waals surface area contributed by atoms with Crippen LogP contribution < -0.4 is 4.74 Å². The summed E-state index contributed by atoms with van der Waals surface area (Å²) in [6.07, 6.45) is 9.33. The first-order valence-corrected chi connectivity index (χ1v) is 8.79. The molecule has 0 atom stereocenters. The van der Waals surface area contributed by atoms with Crippen LogP contribution in [0.3, 0.4) is 0 Å². The Morgan fingerprint density at radius 2 is 1.92 bits per heavy atom. The Bertz CT molecular complexity index is 893. The number of halogens is 1. The van der Waals surface area contributed by atoms with Gasteiger partial charge >= 0.3 is 0 Å². The summed E-state index contributed by atoms with van der Waals surface area (Å²) in [5, 5.41) is 1.10. The van der Waals surface area contributed by atoms with Crippen LogP contribution in [-0.4, -0.2) is 36.2 Å². The Labute approximate surface area is 154 Å². The van der Waals surface area contributed by atoms with E-state index in [1.807, 2.05) is 42.1 Å². The van der Waals surface area contributed by atoms with E-state index in [4.69, 9.17) is 11.2 Å². The van der Waals surface area contributed by atoms with Gasteiger partial charge in [0.2, 0.25) is 0 Å². The van der Waals surface area contributed by atoms with E-state index in [1.54, 1.807) is 12.1 Å². The third kappa shape index (κ3) is 4.44. The molecule has 0 saturated carbocycles. The summed E-state index contributed by atoms with van der Waals surface area (Å²) >= 11 is 0. The lowest BCUT2D eigenvalue weighted by atomic mass is 10.2. The molecule has 134 valence electrons. The standard InChI is InChI=1S/C22H23FN2O/c1-3-13-24(2)14-4-5-16-26-21-10-11-22-18(17-21)12-15-25(22)20-8-6-19(23)7-9-20/h1,6-12,15,17H,4-5,13-14,16H2,2H3. The van der Waals surface area contributed by atoms with Crippen molar-refractivity contribution < 1.29 is 9.13 Å². The van der Waals surface area contributed by atoms with Crippen molar-refractivity contribution in [2.24, 2.45) is 0 Å². The summed E-state index contributed by atoms with van der Waals surface area (Å²) in [7, 11) is 2.03. The second kappa shape index (κ2) is 8.55. The molecule has 0 aliphatic heterocycles. The van der Waals surface area contributed by atoms with Crippen LogP contribution in [-0.2, 0) is 0 Å². The number of ether oxygens (including phenoxy) is 1. The van der Waals surface area contributed by atoms with Gasteiger partial charge in [0, 0.05) is 17.3 Å². The van der Waals surface area contributed by atoms with Crippen LogP contribution in [0.25, 0.3) is 16.6 Å². The molecule has 0 amide bonds. The van der Waals surface area contributed by atoms with Gasteiger partial charge in [-0.05, 0) is 75.0 Å². The highest BCUT2D eigenvalue weighted by molar-refractivity contribution is 5.83. The van der Waals surface area contributed by atoms with Gasteiger partial charge in [0.15, 0.2) is 0 Å². The molecule has 3 nitrogen and oxygen atoms in total. The van der Waals surface area contributed by atoms with E-state index in [0.717, 1.165) is 41.7 Å². The topological polar surface area (TPSA) is 17.4 Å². The molecule has 0 aliphatic rings. The number of unbranched alkanes of at least 4 members (excludes halogenated alkanes) is 1. The average Bonchev–Trinajstić information content (AvgIpc) is 3.05. The van der Waals surface area contributed by atoms with Gasteiger partial charge < -0.3 is 9.30 Å². The van der Waals surface area contributed by atoms with E-state index >= 15 is 0 Å². The predicted molar refractivity (Wildman–Crippen MR) is 104 cm³/mol. The third-order valence-corrected chi connectivity index (χ3v) is 4.33. The number of hydrogen-bond donors (Lipinski definition) is 0. The van der Waals surface area contributed by atoms with Gasteiger partial charge in [-0.25, -0.2) is 4.39 Å². The highest BCUT2D eigenvalue weighted by Crippen LogP contribution is 2.25. The summed E-state index contributed by atoms with van der Waals surface area (Å²) in [6, 6.07) is 14.6. The van der Waals surface area contributed by atoms with Crippen molar-refractivity contribution in [3.05, 3.63) is 60.5 Å². The van der Waals surface area contributed by atoms with Crippen LogP contribution in [0.15, 0.2) is 54.7 Å². The van der Waals surface area contributed by atoms with Gasteiger partial charge in [-0.3, -0.25) is 4.90 Å². The van der Waals surface area contributed by atoms with Gasteiger partial charge in [-0.15, -0.1) is 6.42 Å². The number of aromatic nitrogens is 1. The zero-order chi connectivity index (χ0) is 18.4. The lowest BCUT2D eigenvalue weighted by molar-refractivity contribution is 0.289. The van der Waals surface area contributed by atoms with E-state index < -0.39 is 0 Å². The zero-order valence-corrected chi connectivity index (χ0v) is 15.0. The molecular weight excluding hydrogens is 327 g/mol. The third-order valence-electron chi connectivity index (χ3n) is 4.33. The lowest BCUT2D eigenvalue weighted by Gasteiger charge is -2.13. The van der Waals surface area contributed by atoms with Crippen LogP contribution in [0.5, 0.6) is 5.75 Å². The van der Waals surface area contributed by atoms with E-state index in [9.17, 15) is 4.39 Å². The molecule has 2 aromatic carbocycles. The largest absolute Gasteiger partial charge is 0.494 e. The van der Waals surface area contributed by atoms with E-state index in [-0.39, 0.29) is 5.82 Å². The molecule has 1 heterocycles. The van der Waals surface area contributed by atoms with Crippen LogP contribution in [0.1, 0.15) is 12.8 Å². The summed E-state index contributed by atoms with van der Waals surface area (Å²) in [4.78, 5) is 2.13. The first-order chi connectivity index (χ1) is 12.7. The number of benzene rings is 2. The maximum atomic E-state index is 13.1. The van der Waals surface area contributed by atoms with E-state index in [2.05, 4.69) is 10.8 Å². The quantitative estimate of drug-likeness (QED) is 0.440. The van der Waals surface area contributed by atoms with Crippen molar-refractivity contribution in [1.82, 2.24) is 9.47 Å². The molecule has 3 aromatic rings. The van der Waals surface area contributed by atoms with Crippen molar-refractivity contribution >= 4 is 10.9 Å². The molecule has 26 heavy (non-hydrogen) atoms. The highest BCUT2D eigenvalue weighted by atomic mass is 19.1. The molecule has 4 heteroatoms. The van der Waals surface area contributed by atoms with Gasteiger partial charge in [0.1, 0.15) is 11.6 Å². The van der Waals surface area contributed by atoms with Crippen molar-refractivity contribution in [2.45, 2.75) is 12.8 Å². The molecule has 0 fully saturated rings. The molecule has 0 bridgehead atoms. The Balaban J connectivity index is 1.58. The smallest absolute Gasteiger partial charge is 0.123 e. The van der Waals surface area contributed by atoms with Gasteiger partial charge in [0.05, 0.1) is 18.7 Å². The monoisotopic (exact) mass is 350 g/mol. The van der Waals surface area contributed by atoms with E-state index in [1.165, 1.54) is 12.1 Å². The maximum Gasteiger partial charge on any atom is 0.123 e. The Hall–Kier alpha value is -2.77. The second-order valence-corrected chi connectivity index (χ2v) is 6.38. The SMILES string of the molecule is C#CCN(C)CCCCOc1ccc2c(ccn2-c2ccc(F)cc2)c1. The van der Waals surface area contributed by atoms with Gasteiger partial charge in [0.25, 0.3) is 0 Å². The summed E-state index contributed by atoms with van der Waals surface area (Å²) in [5.41, 5.74) is 2.01. The highest BCUT2D eigenvalue weighted by Gasteiger charge is 2.05. The molecule has 0 radical (unpaired) electrons. The Morgan fingerprint density at radius 1 is 1.12 bits per heavy atom. The lowest BCUT2D eigenvalue weighted by Crippen LogP contribution is -2.20. The minimum Gasteiger partial charge on any atom is -0.494 e. The number of rotatable bonds is 8. The van der Waals surface area contributed by atoms with Crippen molar-refractivity contribution in [3.8, 4) is 23.8 Å². The minimum atomic E-state index is -0.230. The fourth-order valence-electron chi connectivity index (χ4n) is 2.95. The fraction of sp³-hybridized carbons (Fsp3) is 0.273. The molecule has 0 aliphatic carbocycles. The molecule has 0 N–H and O–H groups in total. The molecule has 3 rings (SSSR count). The van der Waals surface area contributed by atoms with Crippen LogP contribution in [0, 0.1) is 18.2 Å².